The molecule has 0 N–H and O–H groups in total. The van der Waals surface area contributed by atoms with E-state index in [-0.39, 0.29) is 13.0 Å². The number of carbonyl (C=O) groups excluding carboxylic acids is 1. The van der Waals surface area contributed by atoms with Gasteiger partial charge in [0.25, 0.3) is 5.85 Å². The average molecular weight is 286 g/mol. The number of hydrogen-bond acceptors (Lipinski definition) is 3. The number of fused-ring (bicyclic) bond motifs is 1. The van der Waals surface area contributed by atoms with Crippen LogP contribution in [0.3, 0.4) is 0 Å². The Morgan fingerprint density at radius 2 is 1.86 bits per heavy atom. The molecule has 0 heterocycles. The summed E-state index contributed by atoms with van der Waals surface area (Å²) in [5.41, 5.74) is 1.89. The molecule has 0 fully saturated rings. The molecule has 0 aliphatic heterocycles. The Bertz CT molecular complexity index is 666. The van der Waals surface area contributed by atoms with Crippen molar-refractivity contribution in [3.8, 4) is 5.75 Å². The zero-order chi connectivity index (χ0) is 14.9. The molecule has 1 aliphatic rings. The van der Waals surface area contributed by atoms with E-state index >= 15 is 0 Å². The largest absolute Gasteiger partial charge is 0.497 e. The van der Waals surface area contributed by atoms with Crippen molar-refractivity contribution in [2.24, 2.45) is 0 Å². The Kier molecular flexibility index (Phi) is 3.47. The van der Waals surface area contributed by atoms with E-state index in [9.17, 15) is 9.18 Å². The molecule has 0 aromatic heterocycles. The monoisotopic (exact) mass is 286 g/mol. The normalized spacial score (nSPS) is 20.4. The lowest BCUT2D eigenvalue weighted by molar-refractivity contribution is -0.114. The van der Waals surface area contributed by atoms with Crippen molar-refractivity contribution in [1.29, 1.82) is 0 Å². The predicted molar refractivity (Wildman–Crippen MR) is 76.1 cm³/mol. The van der Waals surface area contributed by atoms with Crippen LogP contribution in [0.4, 0.5) is 4.39 Å². The van der Waals surface area contributed by atoms with Crippen LogP contribution in [0.25, 0.3) is 0 Å². The smallest absolute Gasteiger partial charge is 0.277 e. The number of rotatable bonds is 4. The first-order chi connectivity index (χ1) is 10.1. The van der Waals surface area contributed by atoms with Crippen LogP contribution in [-0.2, 0) is 17.8 Å². The molecule has 3 nitrogen and oxygen atoms in total. The Balaban J connectivity index is 1.72. The number of alkyl halides is 1. The molecule has 1 atom stereocenters. The second kappa shape index (κ2) is 5.30. The Morgan fingerprint density at radius 1 is 1.14 bits per heavy atom. The lowest BCUT2D eigenvalue weighted by Crippen LogP contribution is -2.33. The molecule has 2 aromatic rings. The molecule has 3 rings (SSSR count). The van der Waals surface area contributed by atoms with E-state index in [1.807, 2.05) is 0 Å². The predicted octanol–water partition coefficient (Wildman–Crippen LogP) is 3.32. The topological polar surface area (TPSA) is 35.5 Å². The van der Waals surface area contributed by atoms with E-state index in [1.54, 1.807) is 55.6 Å². The molecule has 0 saturated heterocycles. The van der Waals surface area contributed by atoms with Crippen LogP contribution >= 0.6 is 0 Å². The van der Waals surface area contributed by atoms with E-state index in [0.717, 1.165) is 11.3 Å². The van der Waals surface area contributed by atoms with Crippen LogP contribution in [0, 0.1) is 0 Å². The number of ketones is 1. The first kappa shape index (κ1) is 13.8. The van der Waals surface area contributed by atoms with Gasteiger partial charge in [-0.25, -0.2) is 4.39 Å². The number of carbonyl (C=O) groups is 1. The maximum Gasteiger partial charge on any atom is 0.277 e. The molecule has 1 aliphatic carbocycles. The lowest BCUT2D eigenvalue weighted by atomic mass is 10.1. The van der Waals surface area contributed by atoms with E-state index in [0.29, 0.717) is 11.1 Å². The van der Waals surface area contributed by atoms with Gasteiger partial charge < -0.3 is 9.47 Å². The van der Waals surface area contributed by atoms with Crippen molar-refractivity contribution < 1.29 is 18.7 Å². The third-order valence-corrected chi connectivity index (χ3v) is 3.65. The Morgan fingerprint density at radius 3 is 2.52 bits per heavy atom. The number of ether oxygens (including phenoxy) is 2. The van der Waals surface area contributed by atoms with Crippen molar-refractivity contribution in [1.82, 2.24) is 0 Å². The van der Waals surface area contributed by atoms with Crippen LogP contribution in [0.2, 0.25) is 0 Å². The fourth-order valence-electron chi connectivity index (χ4n) is 2.46. The zero-order valence-electron chi connectivity index (χ0n) is 11.6. The highest BCUT2D eigenvalue weighted by Crippen LogP contribution is 2.34. The van der Waals surface area contributed by atoms with E-state index in [4.69, 9.17) is 9.47 Å². The summed E-state index contributed by atoms with van der Waals surface area (Å²) >= 11 is 0. The average Bonchev–Trinajstić information content (AvgIpc) is 2.78. The van der Waals surface area contributed by atoms with Gasteiger partial charge in [-0.15, -0.1) is 0 Å². The molecule has 1 unspecified atom stereocenters. The third kappa shape index (κ3) is 2.54. The first-order valence-corrected chi connectivity index (χ1v) is 6.71. The first-order valence-electron chi connectivity index (χ1n) is 6.71. The fourth-order valence-corrected chi connectivity index (χ4v) is 2.46. The minimum absolute atomic E-state index is 0.0296. The second-order valence-corrected chi connectivity index (χ2v) is 5.03. The number of halogens is 1. The van der Waals surface area contributed by atoms with Crippen molar-refractivity contribution in [3.05, 3.63) is 65.2 Å². The van der Waals surface area contributed by atoms with Gasteiger partial charge in [0, 0.05) is 12.0 Å². The highest BCUT2D eigenvalue weighted by atomic mass is 19.2. The lowest BCUT2D eigenvalue weighted by Gasteiger charge is -2.18. The molecule has 0 amide bonds. The molecular formula is C17H15FO3. The number of hydrogen-bond donors (Lipinski definition) is 0. The summed E-state index contributed by atoms with van der Waals surface area (Å²) in [5, 5.41) is 0. The van der Waals surface area contributed by atoms with Gasteiger partial charge in [-0.05, 0) is 23.3 Å². The van der Waals surface area contributed by atoms with E-state index in [1.165, 1.54) is 0 Å². The fraction of sp³-hybridized carbons (Fsp3) is 0.235. The SMILES string of the molecule is COc1ccc(COC2(F)Cc3ccccc3C2=O)cc1. The summed E-state index contributed by atoms with van der Waals surface area (Å²) < 4.78 is 25.1. The summed E-state index contributed by atoms with van der Waals surface area (Å²) in [6.07, 6.45) is -0.0296. The summed E-state index contributed by atoms with van der Waals surface area (Å²) in [5.74, 6) is -2.13. The number of methoxy groups -OCH3 is 1. The van der Waals surface area contributed by atoms with Gasteiger partial charge in [0.1, 0.15) is 5.75 Å². The van der Waals surface area contributed by atoms with Crippen molar-refractivity contribution in [3.63, 3.8) is 0 Å². The minimum Gasteiger partial charge on any atom is -0.497 e. The second-order valence-electron chi connectivity index (χ2n) is 5.03. The van der Waals surface area contributed by atoms with Gasteiger partial charge >= 0.3 is 0 Å². The van der Waals surface area contributed by atoms with Gasteiger partial charge in [0.15, 0.2) is 0 Å². The maximum absolute atomic E-state index is 14.7. The third-order valence-electron chi connectivity index (χ3n) is 3.65. The van der Waals surface area contributed by atoms with E-state index in [2.05, 4.69) is 0 Å². The Labute approximate surface area is 122 Å². The van der Waals surface area contributed by atoms with Gasteiger partial charge in [-0.2, -0.15) is 0 Å². The molecule has 0 spiro atoms. The van der Waals surface area contributed by atoms with E-state index < -0.39 is 11.6 Å². The molecule has 0 bridgehead atoms. The summed E-state index contributed by atoms with van der Waals surface area (Å²) in [6.45, 7) is 0.0419. The number of Topliss-reactive ketones (excluding diaryl/α,β-unsaturated/α-hetero) is 1. The quantitative estimate of drug-likeness (QED) is 0.865. The zero-order valence-corrected chi connectivity index (χ0v) is 11.6. The summed E-state index contributed by atoms with van der Waals surface area (Å²) in [4.78, 5) is 12.1. The highest BCUT2D eigenvalue weighted by Gasteiger charge is 2.47. The molecule has 108 valence electrons. The van der Waals surface area contributed by atoms with Crippen LogP contribution in [0.15, 0.2) is 48.5 Å². The van der Waals surface area contributed by atoms with Gasteiger partial charge in [0.05, 0.1) is 13.7 Å². The van der Waals surface area contributed by atoms with Crippen LogP contribution in [-0.4, -0.2) is 18.7 Å². The highest BCUT2D eigenvalue weighted by molar-refractivity contribution is 6.05. The maximum atomic E-state index is 14.7. The van der Waals surface area contributed by atoms with Crippen molar-refractivity contribution >= 4 is 5.78 Å². The molecular weight excluding hydrogens is 271 g/mol. The standard InChI is InChI=1S/C17H15FO3/c1-20-14-8-6-12(7-9-14)11-21-17(18)10-13-4-2-3-5-15(13)16(17)19/h2-9H,10-11H2,1H3. The number of benzene rings is 2. The Hall–Kier alpha value is -2.20. The molecule has 4 heteroatoms. The van der Waals surface area contributed by atoms with Crippen molar-refractivity contribution in [2.45, 2.75) is 18.9 Å². The minimum atomic E-state index is -2.26. The van der Waals surface area contributed by atoms with Gasteiger partial charge in [-0.1, -0.05) is 36.4 Å². The van der Waals surface area contributed by atoms with Crippen LogP contribution < -0.4 is 4.74 Å². The van der Waals surface area contributed by atoms with Crippen molar-refractivity contribution in [2.75, 3.05) is 7.11 Å². The molecule has 21 heavy (non-hydrogen) atoms. The molecule has 0 radical (unpaired) electrons. The van der Waals surface area contributed by atoms with Crippen LogP contribution in [0.5, 0.6) is 5.75 Å². The molecule has 2 aromatic carbocycles. The molecule has 0 saturated carbocycles. The summed E-state index contributed by atoms with van der Waals surface area (Å²) in [7, 11) is 1.58. The summed E-state index contributed by atoms with van der Waals surface area (Å²) in [6, 6.07) is 14.0. The van der Waals surface area contributed by atoms with Gasteiger partial charge in [0.2, 0.25) is 5.78 Å². The van der Waals surface area contributed by atoms with Crippen LogP contribution in [0.1, 0.15) is 21.5 Å². The van der Waals surface area contributed by atoms with Gasteiger partial charge in [-0.3, -0.25) is 4.79 Å².